The smallest absolute Gasteiger partial charge is 0.256 e. The highest BCUT2D eigenvalue weighted by atomic mass is 15.3. The van der Waals surface area contributed by atoms with Gasteiger partial charge in [0, 0.05) is 11.5 Å². The first-order chi connectivity index (χ1) is 6.79. The standard InChI is InChI=1S/C10H20N4/c11-10(12)14-13-8-4-7-9-5-2-1-3-6-9/h8-9H,1-7H2,(H4,11,12,14)/p+1/b13-8+. The van der Waals surface area contributed by atoms with Crippen molar-refractivity contribution in [3.8, 4) is 0 Å². The molecule has 0 spiro atoms. The average Bonchev–Trinajstić information content (AvgIpc) is 2.18. The van der Waals surface area contributed by atoms with Crippen molar-refractivity contribution in [3.05, 3.63) is 0 Å². The first-order valence-corrected chi connectivity index (χ1v) is 5.45. The van der Waals surface area contributed by atoms with Crippen LogP contribution >= 0.6 is 0 Å². The maximum atomic E-state index is 5.16. The zero-order valence-corrected chi connectivity index (χ0v) is 8.71. The van der Waals surface area contributed by atoms with E-state index in [4.69, 9.17) is 11.5 Å². The number of hydrazone groups is 1. The SMILES string of the molecule is NC(N)=N/[NH+]=C/CCC1CCCCC1. The van der Waals surface area contributed by atoms with Gasteiger partial charge in [0.25, 0.3) is 5.96 Å². The molecular weight excluding hydrogens is 176 g/mol. The highest BCUT2D eigenvalue weighted by Crippen LogP contribution is 2.26. The van der Waals surface area contributed by atoms with Crippen LogP contribution in [0.2, 0.25) is 0 Å². The Kier molecular flexibility index (Phi) is 5.04. The molecule has 0 saturated heterocycles. The molecule has 5 N–H and O–H groups in total. The number of nitrogens with zero attached hydrogens (tertiary/aromatic N) is 1. The number of hydrogen-bond donors (Lipinski definition) is 3. The number of guanidine groups is 1. The van der Waals surface area contributed by atoms with E-state index in [2.05, 4.69) is 10.2 Å². The second kappa shape index (κ2) is 6.40. The summed E-state index contributed by atoms with van der Waals surface area (Å²) >= 11 is 0. The van der Waals surface area contributed by atoms with Crippen LogP contribution in [0.5, 0.6) is 0 Å². The predicted octanol–water partition coefficient (Wildman–Crippen LogP) is -0.313. The largest absolute Gasteiger partial charge is 0.365 e. The lowest BCUT2D eigenvalue weighted by Crippen LogP contribution is -2.63. The molecule has 4 nitrogen and oxygen atoms in total. The van der Waals surface area contributed by atoms with Gasteiger partial charge in [0.1, 0.15) is 0 Å². The molecule has 0 unspecified atom stereocenters. The van der Waals surface area contributed by atoms with E-state index in [0.717, 1.165) is 12.3 Å². The summed E-state index contributed by atoms with van der Waals surface area (Å²) in [5.41, 5.74) is 10.3. The molecule has 0 radical (unpaired) electrons. The van der Waals surface area contributed by atoms with Crippen LogP contribution < -0.4 is 16.6 Å². The normalized spacial score (nSPS) is 18.6. The Labute approximate surface area is 85.5 Å². The van der Waals surface area contributed by atoms with Crippen LogP contribution in [-0.2, 0) is 0 Å². The number of hydrogen-bond acceptors (Lipinski definition) is 1. The minimum Gasteiger partial charge on any atom is -0.365 e. The fourth-order valence-corrected chi connectivity index (χ4v) is 1.98. The van der Waals surface area contributed by atoms with Gasteiger partial charge in [-0.2, -0.15) is 0 Å². The molecule has 0 aromatic rings. The van der Waals surface area contributed by atoms with Gasteiger partial charge in [-0.05, 0) is 12.3 Å². The van der Waals surface area contributed by atoms with Crippen LogP contribution in [0.25, 0.3) is 0 Å². The minimum atomic E-state index is 0.0823. The molecule has 1 saturated carbocycles. The Morgan fingerprint density at radius 3 is 2.64 bits per heavy atom. The third kappa shape index (κ3) is 4.84. The van der Waals surface area contributed by atoms with Crippen molar-refractivity contribution in [2.45, 2.75) is 44.9 Å². The number of nitrogens with one attached hydrogen (secondary N) is 1. The van der Waals surface area contributed by atoms with E-state index in [1.165, 1.54) is 38.5 Å². The highest BCUT2D eigenvalue weighted by molar-refractivity contribution is 5.74. The second-order valence-electron chi connectivity index (χ2n) is 3.95. The van der Waals surface area contributed by atoms with Crippen molar-refractivity contribution in [2.24, 2.45) is 22.5 Å². The molecule has 0 atom stereocenters. The molecule has 1 fully saturated rings. The van der Waals surface area contributed by atoms with E-state index in [1.807, 2.05) is 6.21 Å². The van der Waals surface area contributed by atoms with Crippen molar-refractivity contribution < 1.29 is 5.10 Å². The number of rotatable bonds is 4. The third-order valence-electron chi connectivity index (χ3n) is 2.73. The molecule has 80 valence electrons. The van der Waals surface area contributed by atoms with Crippen LogP contribution in [0.15, 0.2) is 5.10 Å². The molecule has 0 amide bonds. The van der Waals surface area contributed by atoms with E-state index in [0.29, 0.717) is 0 Å². The Morgan fingerprint density at radius 2 is 2.00 bits per heavy atom. The lowest BCUT2D eigenvalue weighted by molar-refractivity contribution is -0.458. The molecule has 14 heavy (non-hydrogen) atoms. The van der Waals surface area contributed by atoms with Crippen LogP contribution in [0, 0.1) is 5.92 Å². The Morgan fingerprint density at radius 1 is 1.29 bits per heavy atom. The fraction of sp³-hybridized carbons (Fsp3) is 0.800. The maximum Gasteiger partial charge on any atom is 0.256 e. The van der Waals surface area contributed by atoms with Crippen LogP contribution in [0.1, 0.15) is 44.9 Å². The summed E-state index contributed by atoms with van der Waals surface area (Å²) in [4.78, 5) is 0. The molecule has 0 bridgehead atoms. The van der Waals surface area contributed by atoms with Gasteiger partial charge in [-0.15, -0.1) is 5.10 Å². The van der Waals surface area contributed by atoms with E-state index >= 15 is 0 Å². The van der Waals surface area contributed by atoms with Crippen molar-refractivity contribution in [1.82, 2.24) is 0 Å². The lowest BCUT2D eigenvalue weighted by atomic mass is 9.86. The summed E-state index contributed by atoms with van der Waals surface area (Å²) in [5.74, 6) is 1.000. The van der Waals surface area contributed by atoms with Gasteiger partial charge >= 0.3 is 0 Å². The van der Waals surface area contributed by atoms with E-state index in [9.17, 15) is 0 Å². The third-order valence-corrected chi connectivity index (χ3v) is 2.73. The monoisotopic (exact) mass is 197 g/mol. The summed E-state index contributed by atoms with van der Waals surface area (Å²) in [7, 11) is 0. The molecular formula is C10H21N4+. The molecule has 0 heterocycles. The van der Waals surface area contributed by atoms with Gasteiger partial charge in [-0.1, -0.05) is 32.1 Å². The summed E-state index contributed by atoms with van der Waals surface area (Å²) in [6.45, 7) is 0. The van der Waals surface area contributed by atoms with E-state index in [1.54, 1.807) is 0 Å². The first kappa shape index (κ1) is 11.0. The second-order valence-corrected chi connectivity index (χ2v) is 3.95. The zero-order chi connectivity index (χ0) is 10.2. The summed E-state index contributed by atoms with van der Waals surface area (Å²) in [5, 5.41) is 6.41. The summed E-state index contributed by atoms with van der Waals surface area (Å²) in [6, 6.07) is 0. The Bertz CT molecular complexity index is 200. The van der Waals surface area contributed by atoms with E-state index < -0.39 is 0 Å². The van der Waals surface area contributed by atoms with E-state index in [-0.39, 0.29) is 5.96 Å². The van der Waals surface area contributed by atoms with Gasteiger partial charge in [0.2, 0.25) is 0 Å². The van der Waals surface area contributed by atoms with Crippen LogP contribution in [0.3, 0.4) is 0 Å². The quantitative estimate of drug-likeness (QED) is 0.328. The molecule has 1 aliphatic rings. The van der Waals surface area contributed by atoms with Gasteiger partial charge in [-0.25, -0.2) is 0 Å². The van der Waals surface area contributed by atoms with Gasteiger partial charge in [0.15, 0.2) is 6.21 Å². The zero-order valence-electron chi connectivity index (χ0n) is 8.71. The molecule has 0 aromatic carbocycles. The Hall–Kier alpha value is -1.06. The lowest BCUT2D eigenvalue weighted by Gasteiger charge is -2.19. The van der Waals surface area contributed by atoms with Crippen molar-refractivity contribution in [1.29, 1.82) is 0 Å². The predicted molar refractivity (Wildman–Crippen MR) is 58.6 cm³/mol. The molecule has 4 heteroatoms. The van der Waals surface area contributed by atoms with Gasteiger partial charge < -0.3 is 11.5 Å². The van der Waals surface area contributed by atoms with Crippen molar-refractivity contribution in [3.63, 3.8) is 0 Å². The van der Waals surface area contributed by atoms with Crippen LogP contribution in [-0.4, -0.2) is 12.2 Å². The van der Waals surface area contributed by atoms with Crippen molar-refractivity contribution in [2.75, 3.05) is 0 Å². The van der Waals surface area contributed by atoms with Gasteiger partial charge in [0.05, 0.1) is 0 Å². The topological polar surface area (TPSA) is 78.4 Å². The van der Waals surface area contributed by atoms with Crippen LogP contribution in [0.4, 0.5) is 0 Å². The highest BCUT2D eigenvalue weighted by Gasteiger charge is 2.12. The van der Waals surface area contributed by atoms with Crippen molar-refractivity contribution >= 4 is 12.2 Å². The first-order valence-electron chi connectivity index (χ1n) is 5.45. The summed E-state index contributed by atoms with van der Waals surface area (Å²) < 4.78 is 0. The minimum absolute atomic E-state index is 0.0823. The number of nitrogens with two attached hydrogens (primary N) is 2. The molecule has 0 aromatic heterocycles. The molecule has 1 rings (SSSR count). The Balaban J connectivity index is 2.08. The molecule has 0 aliphatic heterocycles. The summed E-state index contributed by atoms with van der Waals surface area (Å²) in [6.07, 6.45) is 11.3. The average molecular weight is 197 g/mol. The molecule has 1 aliphatic carbocycles. The maximum absolute atomic E-state index is 5.16. The fourth-order valence-electron chi connectivity index (χ4n) is 1.98. The van der Waals surface area contributed by atoms with Gasteiger partial charge in [-0.3, -0.25) is 0 Å².